The van der Waals surface area contributed by atoms with Crippen LogP contribution in [0.2, 0.25) is 0 Å². The summed E-state index contributed by atoms with van der Waals surface area (Å²) in [5.74, 6) is 5.17. The van der Waals surface area contributed by atoms with Crippen LogP contribution in [0.3, 0.4) is 0 Å². The molecule has 0 aliphatic rings. The molecule has 4 N–H and O–H groups in total. The van der Waals surface area contributed by atoms with Crippen LogP contribution >= 0.6 is 0 Å². The van der Waals surface area contributed by atoms with Crippen LogP contribution in [0.4, 0.5) is 0 Å². The molecule has 2 atom stereocenters. The van der Waals surface area contributed by atoms with Gasteiger partial charge in [0.15, 0.2) is 0 Å². The average molecular weight is 144 g/mol. The second kappa shape index (κ2) is 4.19. The largest absolute Gasteiger partial charge is 0.373 e. The maximum Gasteiger partial charge on any atom is 0.141 e. The van der Waals surface area contributed by atoms with Crippen molar-refractivity contribution in [2.45, 2.75) is 12.5 Å². The lowest BCUT2D eigenvalue weighted by atomic mass is 10.4. The minimum Gasteiger partial charge on any atom is -0.373 e. The van der Waals surface area contributed by atoms with Gasteiger partial charge >= 0.3 is 0 Å². The van der Waals surface area contributed by atoms with E-state index in [1.807, 2.05) is 0 Å². The van der Waals surface area contributed by atoms with E-state index in [1.54, 1.807) is 0 Å². The van der Waals surface area contributed by atoms with Crippen molar-refractivity contribution in [3.05, 3.63) is 25.3 Å². The maximum absolute atomic E-state index is 8.90. The fourth-order valence-corrected chi connectivity index (χ4v) is 0.400. The Morgan fingerprint density at radius 2 is 1.50 bits per heavy atom. The lowest BCUT2D eigenvalue weighted by Crippen LogP contribution is -2.46. The highest BCUT2D eigenvalue weighted by Crippen LogP contribution is 1.95. The number of hydrazine groups is 1. The zero-order chi connectivity index (χ0) is 8.15. The lowest BCUT2D eigenvalue weighted by molar-refractivity contribution is -0.0571. The summed E-state index contributed by atoms with van der Waals surface area (Å²) in [6.07, 6.45) is 0.306. The van der Waals surface area contributed by atoms with Crippen LogP contribution in [0.5, 0.6) is 0 Å². The molecule has 0 aromatic carbocycles. The van der Waals surface area contributed by atoms with E-state index >= 15 is 0 Å². The van der Waals surface area contributed by atoms with Crippen molar-refractivity contribution >= 4 is 0 Å². The third-order valence-corrected chi connectivity index (χ3v) is 1.03. The molecule has 0 rings (SSSR count). The van der Waals surface area contributed by atoms with Crippen molar-refractivity contribution in [2.24, 2.45) is 5.84 Å². The Balaban J connectivity index is 3.91. The van der Waals surface area contributed by atoms with E-state index in [9.17, 15) is 0 Å². The molecule has 4 heteroatoms. The second-order valence-electron chi connectivity index (χ2n) is 1.75. The zero-order valence-electron chi connectivity index (χ0n) is 5.64. The van der Waals surface area contributed by atoms with E-state index in [4.69, 9.17) is 16.1 Å². The molecule has 0 fully saturated rings. The fraction of sp³-hybridized carbons (Fsp3) is 0.333. The van der Waals surface area contributed by atoms with Crippen LogP contribution in [0.1, 0.15) is 0 Å². The highest BCUT2D eigenvalue weighted by molar-refractivity contribution is 4.83. The monoisotopic (exact) mass is 144 g/mol. The lowest BCUT2D eigenvalue weighted by Gasteiger charge is -2.22. The molecule has 0 aliphatic heterocycles. The van der Waals surface area contributed by atoms with Gasteiger partial charge in [-0.15, -0.1) is 0 Å². The summed E-state index contributed by atoms with van der Waals surface area (Å²) in [5, 5.41) is 18.6. The van der Waals surface area contributed by atoms with Crippen molar-refractivity contribution < 1.29 is 10.2 Å². The van der Waals surface area contributed by atoms with Gasteiger partial charge in [-0.2, -0.15) is 5.01 Å². The summed E-state index contributed by atoms with van der Waals surface area (Å²) in [6.45, 7) is 6.56. The molecule has 58 valence electrons. The predicted octanol–water partition coefficient (Wildman–Crippen LogP) is -0.829. The van der Waals surface area contributed by atoms with E-state index in [0.717, 1.165) is 5.01 Å². The predicted molar refractivity (Wildman–Crippen MR) is 38.4 cm³/mol. The Kier molecular flexibility index (Phi) is 3.90. The molecule has 0 spiro atoms. The number of nitrogens with two attached hydrogens (primary N) is 1. The van der Waals surface area contributed by atoms with Crippen LogP contribution in [0.25, 0.3) is 0 Å². The van der Waals surface area contributed by atoms with Gasteiger partial charge in [0.2, 0.25) is 0 Å². The number of hydrogen-bond donors (Lipinski definition) is 3. The van der Waals surface area contributed by atoms with Crippen LogP contribution < -0.4 is 5.84 Å². The van der Waals surface area contributed by atoms with Crippen molar-refractivity contribution in [1.82, 2.24) is 5.01 Å². The summed E-state index contributed by atoms with van der Waals surface area (Å²) in [5.41, 5.74) is 0. The van der Waals surface area contributed by atoms with E-state index in [2.05, 4.69) is 13.2 Å². The molecule has 0 aromatic heterocycles. The van der Waals surface area contributed by atoms with Crippen molar-refractivity contribution in [3.8, 4) is 0 Å². The van der Waals surface area contributed by atoms with Gasteiger partial charge in [0.05, 0.1) is 0 Å². The van der Waals surface area contributed by atoms with Crippen LogP contribution in [0.15, 0.2) is 25.3 Å². The zero-order valence-corrected chi connectivity index (χ0v) is 5.64. The molecule has 0 bridgehead atoms. The van der Waals surface area contributed by atoms with Gasteiger partial charge in [0.25, 0.3) is 0 Å². The number of hydrogen-bond acceptors (Lipinski definition) is 4. The fourth-order valence-electron chi connectivity index (χ4n) is 0.400. The first-order valence-electron chi connectivity index (χ1n) is 2.77. The molecule has 0 amide bonds. The highest BCUT2D eigenvalue weighted by Gasteiger charge is 2.12. The van der Waals surface area contributed by atoms with Gasteiger partial charge in [0, 0.05) is 0 Å². The Morgan fingerprint density at radius 3 is 1.70 bits per heavy atom. The summed E-state index contributed by atoms with van der Waals surface area (Å²) in [4.78, 5) is 0. The van der Waals surface area contributed by atoms with E-state index in [0.29, 0.717) is 0 Å². The molecular weight excluding hydrogens is 132 g/mol. The summed E-state index contributed by atoms with van der Waals surface area (Å²) < 4.78 is 0. The number of nitrogens with zero attached hydrogens (tertiary/aromatic N) is 1. The number of aliphatic hydroxyl groups excluding tert-OH is 2. The molecule has 10 heavy (non-hydrogen) atoms. The van der Waals surface area contributed by atoms with Crippen LogP contribution in [-0.4, -0.2) is 27.7 Å². The van der Waals surface area contributed by atoms with Crippen molar-refractivity contribution in [1.29, 1.82) is 0 Å². The maximum atomic E-state index is 8.90. The standard InChI is InChI=1S/C6H12N2O2/c1-3-5(9)8(7)6(10)4-2/h3-6,9-10H,1-2,7H2. The Hall–Kier alpha value is -0.680. The van der Waals surface area contributed by atoms with Crippen molar-refractivity contribution in [2.75, 3.05) is 0 Å². The molecule has 0 aromatic rings. The smallest absolute Gasteiger partial charge is 0.141 e. The first-order chi connectivity index (χ1) is 4.63. The normalized spacial score (nSPS) is 16.4. The van der Waals surface area contributed by atoms with E-state index in [-0.39, 0.29) is 0 Å². The minimum absolute atomic E-state index is 0.819. The average Bonchev–Trinajstić information content (AvgIpc) is 2.00. The van der Waals surface area contributed by atoms with Gasteiger partial charge in [-0.05, 0) is 12.2 Å². The van der Waals surface area contributed by atoms with Gasteiger partial charge in [-0.1, -0.05) is 13.2 Å². The third-order valence-electron chi connectivity index (χ3n) is 1.03. The van der Waals surface area contributed by atoms with Crippen LogP contribution in [-0.2, 0) is 0 Å². The Labute approximate surface area is 59.8 Å². The van der Waals surface area contributed by atoms with E-state index in [1.165, 1.54) is 12.2 Å². The molecule has 2 unspecified atom stereocenters. The first kappa shape index (κ1) is 9.32. The first-order valence-corrected chi connectivity index (χ1v) is 2.77. The molecule has 0 saturated carbocycles. The van der Waals surface area contributed by atoms with Crippen molar-refractivity contribution in [3.63, 3.8) is 0 Å². The molecular formula is C6H12N2O2. The third kappa shape index (κ3) is 2.28. The summed E-state index contributed by atoms with van der Waals surface area (Å²) in [7, 11) is 0. The Morgan fingerprint density at radius 1 is 1.20 bits per heavy atom. The van der Waals surface area contributed by atoms with Gasteiger partial charge in [-0.3, -0.25) is 5.84 Å². The molecule has 0 heterocycles. The SMILES string of the molecule is C=CC(O)N(N)C(O)C=C. The van der Waals surface area contributed by atoms with E-state index < -0.39 is 12.5 Å². The van der Waals surface area contributed by atoms with Gasteiger partial charge < -0.3 is 10.2 Å². The Bertz CT molecular complexity index is 113. The topological polar surface area (TPSA) is 69.7 Å². The highest BCUT2D eigenvalue weighted by atomic mass is 16.3. The van der Waals surface area contributed by atoms with Gasteiger partial charge in [0.1, 0.15) is 12.5 Å². The van der Waals surface area contributed by atoms with Crippen LogP contribution in [0, 0.1) is 0 Å². The second-order valence-corrected chi connectivity index (χ2v) is 1.75. The quantitative estimate of drug-likeness (QED) is 0.208. The molecule has 0 radical (unpaired) electrons. The molecule has 4 nitrogen and oxygen atoms in total. The molecule has 0 aliphatic carbocycles. The number of aliphatic hydroxyl groups is 2. The molecule has 0 saturated heterocycles. The summed E-state index contributed by atoms with van der Waals surface area (Å²) >= 11 is 0. The van der Waals surface area contributed by atoms with Gasteiger partial charge in [-0.25, -0.2) is 0 Å². The number of rotatable bonds is 4. The minimum atomic E-state index is -1.05. The summed E-state index contributed by atoms with van der Waals surface area (Å²) in [6, 6.07) is 0.